The van der Waals surface area contributed by atoms with Crippen LogP contribution in [0.25, 0.3) is 0 Å². The standard InChI is InChI=1S/C4H9N5O2S/c5-12(10,11)3-1-2-9-4-6-7-8-9/h4H,1-3H2,(H2,5,10,11). The van der Waals surface area contributed by atoms with Gasteiger partial charge >= 0.3 is 0 Å². The number of rotatable bonds is 4. The number of aromatic nitrogens is 4. The van der Waals surface area contributed by atoms with E-state index < -0.39 is 10.0 Å². The normalized spacial score (nSPS) is 11.8. The molecule has 0 unspecified atom stereocenters. The maximum absolute atomic E-state index is 10.5. The predicted molar refractivity (Wildman–Crippen MR) is 40.4 cm³/mol. The molecule has 0 aromatic carbocycles. The van der Waals surface area contributed by atoms with Gasteiger partial charge in [-0.25, -0.2) is 18.2 Å². The lowest BCUT2D eigenvalue weighted by molar-refractivity contribution is 0.562. The van der Waals surface area contributed by atoms with E-state index in [0.717, 1.165) is 0 Å². The lowest BCUT2D eigenvalue weighted by Gasteiger charge is -1.97. The molecule has 0 atom stereocenters. The van der Waals surface area contributed by atoms with Crippen LogP contribution in [0.1, 0.15) is 6.42 Å². The van der Waals surface area contributed by atoms with Crippen molar-refractivity contribution >= 4 is 10.0 Å². The van der Waals surface area contributed by atoms with Crippen LogP contribution in [-0.4, -0.2) is 34.4 Å². The molecule has 0 aliphatic rings. The molecule has 0 bridgehead atoms. The zero-order valence-electron chi connectivity index (χ0n) is 6.29. The molecule has 0 fully saturated rings. The number of hydrogen-bond donors (Lipinski definition) is 1. The highest BCUT2D eigenvalue weighted by Crippen LogP contribution is 1.88. The van der Waals surface area contributed by atoms with Crippen LogP contribution in [0.4, 0.5) is 0 Å². The van der Waals surface area contributed by atoms with Crippen LogP contribution >= 0.6 is 0 Å². The number of nitrogens with two attached hydrogens (primary N) is 1. The fraction of sp³-hybridized carbons (Fsp3) is 0.750. The summed E-state index contributed by atoms with van der Waals surface area (Å²) in [4.78, 5) is 0. The molecular weight excluding hydrogens is 182 g/mol. The number of hydrogen-bond acceptors (Lipinski definition) is 5. The van der Waals surface area contributed by atoms with Gasteiger partial charge in [-0.3, -0.25) is 0 Å². The van der Waals surface area contributed by atoms with E-state index >= 15 is 0 Å². The van der Waals surface area contributed by atoms with Crippen molar-refractivity contribution in [3.05, 3.63) is 6.33 Å². The minimum absolute atomic E-state index is 0.0488. The second-order valence-electron chi connectivity index (χ2n) is 2.29. The maximum Gasteiger partial charge on any atom is 0.209 e. The van der Waals surface area contributed by atoms with Gasteiger partial charge < -0.3 is 0 Å². The Kier molecular flexibility index (Phi) is 2.71. The SMILES string of the molecule is NS(=O)(=O)CCCn1cnnn1. The maximum atomic E-state index is 10.5. The first-order valence-corrected chi connectivity index (χ1v) is 5.01. The Morgan fingerprint density at radius 3 is 2.75 bits per heavy atom. The quantitative estimate of drug-likeness (QED) is 0.614. The smallest absolute Gasteiger partial charge is 0.209 e. The molecule has 68 valence electrons. The van der Waals surface area contributed by atoms with Gasteiger partial charge in [-0.15, -0.1) is 5.10 Å². The molecular formula is C4H9N5O2S. The van der Waals surface area contributed by atoms with E-state index in [1.54, 1.807) is 0 Å². The van der Waals surface area contributed by atoms with Gasteiger partial charge in [0.25, 0.3) is 0 Å². The molecule has 1 aromatic rings. The highest BCUT2D eigenvalue weighted by Gasteiger charge is 2.02. The summed E-state index contributed by atoms with van der Waals surface area (Å²) in [5.41, 5.74) is 0. The van der Waals surface area contributed by atoms with E-state index in [2.05, 4.69) is 15.5 Å². The highest BCUT2D eigenvalue weighted by atomic mass is 32.2. The first-order valence-electron chi connectivity index (χ1n) is 3.29. The second-order valence-corrected chi connectivity index (χ2v) is 4.03. The van der Waals surface area contributed by atoms with Crippen LogP contribution in [0.2, 0.25) is 0 Å². The van der Waals surface area contributed by atoms with Crippen molar-refractivity contribution in [3.63, 3.8) is 0 Å². The summed E-state index contributed by atoms with van der Waals surface area (Å²) in [6.45, 7) is 0.462. The molecule has 1 rings (SSSR count). The molecule has 0 spiro atoms. The summed E-state index contributed by atoms with van der Waals surface area (Å²) >= 11 is 0. The molecule has 7 nitrogen and oxygen atoms in total. The summed E-state index contributed by atoms with van der Waals surface area (Å²) < 4.78 is 22.4. The molecule has 0 amide bonds. The van der Waals surface area contributed by atoms with Gasteiger partial charge in [-0.05, 0) is 16.8 Å². The average Bonchev–Trinajstić information content (AvgIpc) is 2.36. The lowest BCUT2D eigenvalue weighted by Crippen LogP contribution is -2.17. The van der Waals surface area contributed by atoms with Crippen LogP contribution in [-0.2, 0) is 16.6 Å². The first kappa shape index (κ1) is 9.07. The zero-order chi connectivity index (χ0) is 9.03. The van der Waals surface area contributed by atoms with Crippen molar-refractivity contribution in [2.45, 2.75) is 13.0 Å². The minimum Gasteiger partial charge on any atom is -0.232 e. The van der Waals surface area contributed by atoms with E-state index in [1.807, 2.05) is 0 Å². The Balaban J connectivity index is 2.29. The lowest BCUT2D eigenvalue weighted by atomic mass is 10.5. The van der Waals surface area contributed by atoms with Gasteiger partial charge in [0, 0.05) is 6.54 Å². The number of aryl methyl sites for hydroxylation is 1. The van der Waals surface area contributed by atoms with Crippen molar-refractivity contribution in [2.75, 3.05) is 5.75 Å². The largest absolute Gasteiger partial charge is 0.232 e. The first-order chi connectivity index (χ1) is 5.58. The van der Waals surface area contributed by atoms with Crippen molar-refractivity contribution in [1.82, 2.24) is 20.2 Å². The Hall–Kier alpha value is -1.02. The average molecular weight is 191 g/mol. The van der Waals surface area contributed by atoms with Gasteiger partial charge in [-0.1, -0.05) is 0 Å². The minimum atomic E-state index is -3.36. The summed E-state index contributed by atoms with van der Waals surface area (Å²) in [6.07, 6.45) is 1.84. The Morgan fingerprint density at radius 2 is 2.25 bits per heavy atom. The topological polar surface area (TPSA) is 104 Å². The molecule has 0 aliphatic heterocycles. The zero-order valence-corrected chi connectivity index (χ0v) is 7.11. The molecule has 1 aromatic heterocycles. The van der Waals surface area contributed by atoms with E-state index in [9.17, 15) is 8.42 Å². The van der Waals surface area contributed by atoms with E-state index in [0.29, 0.717) is 13.0 Å². The third kappa shape index (κ3) is 3.39. The van der Waals surface area contributed by atoms with Crippen LogP contribution in [0.5, 0.6) is 0 Å². The molecule has 1 heterocycles. The molecule has 0 aliphatic carbocycles. The molecule has 12 heavy (non-hydrogen) atoms. The summed E-state index contributed by atoms with van der Waals surface area (Å²) in [6, 6.07) is 0. The van der Waals surface area contributed by atoms with Gasteiger partial charge in [0.1, 0.15) is 6.33 Å². The summed E-state index contributed by atoms with van der Waals surface area (Å²) in [7, 11) is -3.36. The van der Waals surface area contributed by atoms with E-state index in [4.69, 9.17) is 5.14 Å². The predicted octanol–water partition coefficient (Wildman–Crippen LogP) is -1.65. The fourth-order valence-electron chi connectivity index (χ4n) is 0.710. The fourth-order valence-corrected chi connectivity index (χ4v) is 1.24. The number of nitrogens with zero attached hydrogens (tertiary/aromatic N) is 4. The van der Waals surface area contributed by atoms with E-state index in [1.165, 1.54) is 11.0 Å². The Morgan fingerprint density at radius 1 is 1.50 bits per heavy atom. The van der Waals surface area contributed by atoms with Crippen molar-refractivity contribution in [1.29, 1.82) is 0 Å². The number of sulfonamides is 1. The van der Waals surface area contributed by atoms with Crippen LogP contribution in [0.15, 0.2) is 6.33 Å². The van der Waals surface area contributed by atoms with Crippen molar-refractivity contribution in [3.8, 4) is 0 Å². The second kappa shape index (κ2) is 3.59. The number of tetrazole rings is 1. The highest BCUT2D eigenvalue weighted by molar-refractivity contribution is 7.89. The van der Waals surface area contributed by atoms with E-state index in [-0.39, 0.29) is 5.75 Å². The third-order valence-electron chi connectivity index (χ3n) is 1.21. The van der Waals surface area contributed by atoms with Gasteiger partial charge in [0.2, 0.25) is 10.0 Å². The Bertz CT molecular complexity index is 317. The van der Waals surface area contributed by atoms with Crippen molar-refractivity contribution in [2.24, 2.45) is 5.14 Å². The molecule has 0 saturated carbocycles. The van der Waals surface area contributed by atoms with Crippen molar-refractivity contribution < 1.29 is 8.42 Å². The number of primary sulfonamides is 1. The summed E-state index contributed by atoms with van der Waals surface area (Å²) in [5, 5.41) is 15.1. The van der Waals surface area contributed by atoms with Gasteiger partial charge in [-0.2, -0.15) is 0 Å². The van der Waals surface area contributed by atoms with Crippen LogP contribution in [0.3, 0.4) is 0 Å². The molecule has 0 saturated heterocycles. The molecule has 8 heteroatoms. The third-order valence-corrected chi connectivity index (χ3v) is 2.07. The Labute approximate surface area is 69.6 Å². The van der Waals surface area contributed by atoms with Gasteiger partial charge in [0.05, 0.1) is 5.75 Å². The van der Waals surface area contributed by atoms with Crippen LogP contribution in [0, 0.1) is 0 Å². The molecule has 0 radical (unpaired) electrons. The monoisotopic (exact) mass is 191 g/mol. The summed E-state index contributed by atoms with van der Waals surface area (Å²) in [5.74, 6) is -0.0488. The molecule has 2 N–H and O–H groups in total. The van der Waals surface area contributed by atoms with Gasteiger partial charge in [0.15, 0.2) is 0 Å². The van der Waals surface area contributed by atoms with Crippen LogP contribution < -0.4 is 5.14 Å².